The Morgan fingerprint density at radius 3 is 0.568 bits per heavy atom. The molecule has 0 N–H and O–H groups in total. The molecule has 5 heteroatoms. The maximum absolute atomic E-state index is 11.1. The van der Waals surface area contributed by atoms with Crippen molar-refractivity contribution in [2.45, 2.75) is 185 Å². The van der Waals surface area contributed by atoms with Crippen LogP contribution in [0.2, 0.25) is 0 Å². The molecule has 0 aliphatic heterocycles. The molecule has 0 saturated heterocycles. The summed E-state index contributed by atoms with van der Waals surface area (Å²) in [5.41, 5.74) is 0. The van der Waals surface area contributed by atoms with Crippen LogP contribution in [0.25, 0.3) is 0 Å². The van der Waals surface area contributed by atoms with Gasteiger partial charge >= 0.3 is 11.0 Å². The molecule has 0 spiro atoms. The van der Waals surface area contributed by atoms with Crippen LogP contribution in [0.1, 0.15) is 160 Å². The average Bonchev–Trinajstić information content (AvgIpc) is 2.88. The van der Waals surface area contributed by atoms with E-state index < -0.39 is 0 Å². The Hall–Kier alpha value is 0.0569. The summed E-state index contributed by atoms with van der Waals surface area (Å²) in [4.78, 5) is 0. The summed E-state index contributed by atoms with van der Waals surface area (Å²) >= 11 is 0. The first-order chi connectivity index (χ1) is 16.9. The first-order valence-electron chi connectivity index (χ1n) is 15.5. The van der Waals surface area contributed by atoms with Gasteiger partial charge in [0.2, 0.25) is 0 Å². The Labute approximate surface area is 239 Å². The average molecular weight is 545 g/mol. The zero-order valence-corrected chi connectivity index (χ0v) is 28.2. The number of hydrogen-bond donors (Lipinski definition) is 0. The van der Waals surface area contributed by atoms with Gasteiger partial charge in [-0.05, 0) is 0 Å². The van der Waals surface area contributed by atoms with Crippen LogP contribution in [0.5, 0.6) is 0 Å². The van der Waals surface area contributed by atoms with E-state index in [1.54, 1.807) is 0 Å². The molecule has 0 radical (unpaired) electrons. The van der Waals surface area contributed by atoms with E-state index in [2.05, 4.69) is 55.4 Å². The molecule has 8 unspecified atom stereocenters. The van der Waals surface area contributed by atoms with Crippen LogP contribution < -0.4 is 20.4 Å². The van der Waals surface area contributed by atoms with Crippen LogP contribution in [0.4, 0.5) is 0 Å². The van der Waals surface area contributed by atoms with Crippen molar-refractivity contribution in [3.05, 3.63) is 0 Å². The minimum Gasteiger partial charge on any atom is -0.852 e. The second-order valence-electron chi connectivity index (χ2n) is 10.9. The molecule has 0 fully saturated rings. The normalized spacial score (nSPS) is 16.9. The third-order valence-electron chi connectivity index (χ3n) is 7.41. The van der Waals surface area contributed by atoms with Crippen LogP contribution in [0.15, 0.2) is 0 Å². The number of hydrogen-bond acceptors (Lipinski definition) is 4. The van der Waals surface area contributed by atoms with Gasteiger partial charge in [-0.25, -0.2) is 0 Å². The summed E-state index contributed by atoms with van der Waals surface area (Å²) in [5, 5.41) is 44.2. The van der Waals surface area contributed by atoms with Gasteiger partial charge in [-0.3, -0.25) is 0 Å². The van der Waals surface area contributed by atoms with Gasteiger partial charge in [0.05, 0.1) is 0 Å². The fourth-order valence-corrected chi connectivity index (χ4v) is 3.33. The molecule has 224 valence electrons. The second kappa shape index (κ2) is 34.1. The van der Waals surface area contributed by atoms with Crippen molar-refractivity contribution in [2.24, 2.45) is 23.7 Å². The minimum atomic E-state index is -0.319. The Morgan fingerprint density at radius 1 is 0.351 bits per heavy atom. The number of rotatable bonds is 16. The van der Waals surface area contributed by atoms with Gasteiger partial charge in [-0.15, -0.1) is 24.4 Å². The van der Waals surface area contributed by atoms with Crippen LogP contribution in [-0.2, 0) is 0 Å². The molecule has 0 aliphatic carbocycles. The molecule has 8 atom stereocenters. The molecule has 0 bridgehead atoms. The van der Waals surface area contributed by atoms with E-state index in [0.29, 0.717) is 23.7 Å². The fraction of sp³-hybridized carbons (Fsp3) is 1.00. The van der Waals surface area contributed by atoms with Gasteiger partial charge in [0, 0.05) is 0 Å². The molecule has 0 aliphatic rings. The van der Waals surface area contributed by atoms with Crippen LogP contribution in [0, 0.1) is 23.7 Å². The Bertz CT molecular complexity index is 325. The van der Waals surface area contributed by atoms with E-state index in [0.717, 1.165) is 77.0 Å². The first kappa shape index (κ1) is 46.9. The molecule has 0 saturated carbocycles. The summed E-state index contributed by atoms with van der Waals surface area (Å²) in [6.45, 7) is 24.7. The quantitative estimate of drug-likeness (QED) is 0.227. The van der Waals surface area contributed by atoms with E-state index in [-0.39, 0.29) is 35.4 Å². The van der Waals surface area contributed by atoms with Gasteiger partial charge in [-0.2, -0.15) is 0 Å². The summed E-state index contributed by atoms with van der Waals surface area (Å²) in [6.07, 6.45) is 10.3. The third-order valence-corrected chi connectivity index (χ3v) is 7.41. The van der Waals surface area contributed by atoms with Crippen molar-refractivity contribution >= 4 is 11.0 Å². The maximum atomic E-state index is 11.1. The fourth-order valence-electron chi connectivity index (χ4n) is 3.33. The monoisotopic (exact) mass is 544 g/mol. The van der Waals surface area contributed by atoms with Gasteiger partial charge in [0.15, 0.2) is 0 Å². The van der Waals surface area contributed by atoms with Gasteiger partial charge < -0.3 is 20.4 Å². The summed E-state index contributed by atoms with van der Waals surface area (Å²) in [6, 6.07) is 0. The molecule has 0 amide bonds. The molecule has 37 heavy (non-hydrogen) atoms. The Balaban J connectivity index is -0.000000122. The maximum Gasteiger partial charge on any atom is 4.00 e. The standard InChI is InChI=1S/4C8H17O.Si/c4*1-4-6-8(9)7(3)5-2;/h4*7-8H,4-6H2,1-3H3;/q4*-1;+4. The van der Waals surface area contributed by atoms with E-state index in [1.165, 1.54) is 0 Å². The van der Waals surface area contributed by atoms with Crippen molar-refractivity contribution < 1.29 is 20.4 Å². The van der Waals surface area contributed by atoms with Gasteiger partial charge in [0.25, 0.3) is 0 Å². The van der Waals surface area contributed by atoms with Crippen LogP contribution >= 0.6 is 0 Å². The van der Waals surface area contributed by atoms with Crippen LogP contribution in [-0.4, -0.2) is 35.4 Å². The van der Waals surface area contributed by atoms with E-state index in [1.807, 2.05) is 27.7 Å². The smallest absolute Gasteiger partial charge is 0.852 e. The van der Waals surface area contributed by atoms with E-state index >= 15 is 0 Å². The molecule has 0 aromatic heterocycles. The summed E-state index contributed by atoms with van der Waals surface area (Å²) in [5.74, 6) is 1.46. The molecular weight excluding hydrogens is 476 g/mol. The van der Waals surface area contributed by atoms with Crippen molar-refractivity contribution in [1.82, 2.24) is 0 Å². The minimum absolute atomic E-state index is 0. The van der Waals surface area contributed by atoms with Gasteiger partial charge in [-0.1, -0.05) is 184 Å². The second-order valence-corrected chi connectivity index (χ2v) is 10.9. The summed E-state index contributed by atoms with van der Waals surface area (Å²) in [7, 11) is 0. The SMILES string of the molecule is CCCC([O-])C(C)CC.CCCC([O-])C(C)CC.CCCC([O-])C(C)CC.CCCC([O-])C(C)CC.[Si+4]. The van der Waals surface area contributed by atoms with E-state index in [9.17, 15) is 20.4 Å². The molecule has 0 rings (SSSR count). The zero-order chi connectivity index (χ0) is 29.1. The first-order valence-corrected chi connectivity index (χ1v) is 15.5. The van der Waals surface area contributed by atoms with Gasteiger partial charge in [0.1, 0.15) is 0 Å². The van der Waals surface area contributed by atoms with Crippen molar-refractivity contribution in [3.8, 4) is 0 Å². The predicted molar refractivity (Wildman–Crippen MR) is 158 cm³/mol. The largest absolute Gasteiger partial charge is 4.00 e. The Morgan fingerprint density at radius 2 is 0.486 bits per heavy atom. The topological polar surface area (TPSA) is 92.2 Å². The molecule has 4 nitrogen and oxygen atoms in total. The van der Waals surface area contributed by atoms with E-state index in [4.69, 9.17) is 0 Å². The van der Waals surface area contributed by atoms with Crippen molar-refractivity contribution in [2.75, 3.05) is 0 Å². The Kier molecular flexibility index (Phi) is 43.2. The zero-order valence-electron chi connectivity index (χ0n) is 27.2. The molecule has 0 aromatic rings. The molecule has 0 aromatic carbocycles. The molecule has 0 heterocycles. The van der Waals surface area contributed by atoms with Crippen molar-refractivity contribution in [3.63, 3.8) is 0 Å². The van der Waals surface area contributed by atoms with Crippen molar-refractivity contribution in [1.29, 1.82) is 0 Å². The predicted octanol–water partition coefficient (Wildman–Crippen LogP) is 5.87. The summed E-state index contributed by atoms with van der Waals surface area (Å²) < 4.78 is 0. The third kappa shape index (κ3) is 32.2. The van der Waals surface area contributed by atoms with Crippen LogP contribution in [0.3, 0.4) is 0 Å². The molecular formula is C32H68O4Si.